The summed E-state index contributed by atoms with van der Waals surface area (Å²) >= 11 is 8.87. The minimum Gasteiger partial charge on any atom is -0.478 e. The maximum atomic E-state index is 13.4. The molecule has 1 heterocycles. The summed E-state index contributed by atoms with van der Waals surface area (Å²) in [4.78, 5) is 14.4. The lowest BCUT2D eigenvalue weighted by Gasteiger charge is -2.08. The summed E-state index contributed by atoms with van der Waals surface area (Å²) < 4.78 is 19.4. The monoisotopic (exact) mass is 371 g/mol. The van der Waals surface area contributed by atoms with Gasteiger partial charge in [-0.2, -0.15) is 0 Å². The van der Waals surface area contributed by atoms with Crippen LogP contribution >= 0.6 is 27.5 Å². The second-order valence-electron chi connectivity index (χ2n) is 3.92. The summed E-state index contributed by atoms with van der Waals surface area (Å²) in [6.45, 7) is 0. The van der Waals surface area contributed by atoms with E-state index in [1.807, 2.05) is 0 Å². The Morgan fingerprint density at radius 3 is 2.86 bits per heavy atom. The number of pyridine rings is 1. The van der Waals surface area contributed by atoms with E-state index in [4.69, 9.17) is 21.4 Å². The summed E-state index contributed by atoms with van der Waals surface area (Å²) in [7, 11) is 0. The number of carboxylic acid groups (broad SMARTS) is 1. The van der Waals surface area contributed by atoms with E-state index in [2.05, 4.69) is 20.9 Å². The summed E-state index contributed by atoms with van der Waals surface area (Å²) in [5.74, 6) is -1.10. The Kier molecular flexibility index (Phi) is 4.93. The SMILES string of the molecule is O=C(O)/C=C/c1cncc(Oc2cc(F)c(Cl)cc2Br)c1. The van der Waals surface area contributed by atoms with Crippen molar-refractivity contribution in [3.05, 3.63) is 57.5 Å². The summed E-state index contributed by atoms with van der Waals surface area (Å²) in [5.41, 5.74) is 0.542. The molecule has 0 unspecified atom stereocenters. The molecular weight excluding hydrogens is 365 g/mol. The summed E-state index contributed by atoms with van der Waals surface area (Å²) in [6.07, 6.45) is 5.26. The van der Waals surface area contributed by atoms with E-state index in [0.29, 0.717) is 15.8 Å². The number of hydrogen-bond donors (Lipinski definition) is 1. The third-order valence-electron chi connectivity index (χ3n) is 2.36. The molecule has 0 saturated heterocycles. The number of rotatable bonds is 4. The number of carbonyl (C=O) groups is 1. The topological polar surface area (TPSA) is 59.4 Å². The third kappa shape index (κ3) is 4.27. The highest BCUT2D eigenvalue weighted by Crippen LogP contribution is 2.33. The van der Waals surface area contributed by atoms with Crippen LogP contribution in [0.5, 0.6) is 11.5 Å². The Hall–Kier alpha value is -1.92. The van der Waals surface area contributed by atoms with Crippen LogP contribution in [0.1, 0.15) is 5.56 Å². The van der Waals surface area contributed by atoms with Crippen LogP contribution in [0.2, 0.25) is 5.02 Å². The van der Waals surface area contributed by atoms with Gasteiger partial charge in [0.15, 0.2) is 0 Å². The van der Waals surface area contributed by atoms with Crippen LogP contribution in [0.3, 0.4) is 0 Å². The van der Waals surface area contributed by atoms with Gasteiger partial charge >= 0.3 is 5.97 Å². The quantitative estimate of drug-likeness (QED) is 0.633. The fourth-order valence-corrected chi connectivity index (χ4v) is 2.18. The van der Waals surface area contributed by atoms with Crippen molar-refractivity contribution in [1.82, 2.24) is 4.98 Å². The molecule has 1 aromatic heterocycles. The first kappa shape index (κ1) is 15.5. The van der Waals surface area contributed by atoms with Crippen molar-refractivity contribution in [1.29, 1.82) is 0 Å². The van der Waals surface area contributed by atoms with E-state index in [-0.39, 0.29) is 10.8 Å². The number of hydrogen-bond acceptors (Lipinski definition) is 3. The molecule has 7 heteroatoms. The van der Waals surface area contributed by atoms with Crippen molar-refractivity contribution < 1.29 is 19.0 Å². The second-order valence-corrected chi connectivity index (χ2v) is 5.19. The minimum atomic E-state index is -1.07. The molecule has 0 spiro atoms. The lowest BCUT2D eigenvalue weighted by Crippen LogP contribution is -1.90. The number of aromatic nitrogens is 1. The third-order valence-corrected chi connectivity index (χ3v) is 3.26. The number of nitrogens with zero attached hydrogens (tertiary/aromatic N) is 1. The van der Waals surface area contributed by atoms with Crippen LogP contribution in [-0.4, -0.2) is 16.1 Å². The molecule has 2 rings (SSSR count). The van der Waals surface area contributed by atoms with Gasteiger partial charge in [0.2, 0.25) is 0 Å². The Bertz CT molecular complexity index is 721. The molecular formula is C14H8BrClFNO3. The Morgan fingerprint density at radius 1 is 1.38 bits per heavy atom. The highest BCUT2D eigenvalue weighted by Gasteiger charge is 2.09. The first-order valence-electron chi connectivity index (χ1n) is 5.64. The lowest BCUT2D eigenvalue weighted by molar-refractivity contribution is -0.131. The van der Waals surface area contributed by atoms with Gasteiger partial charge in [-0.15, -0.1) is 0 Å². The Labute approximate surface area is 133 Å². The summed E-state index contributed by atoms with van der Waals surface area (Å²) in [6, 6.07) is 4.10. The molecule has 0 saturated carbocycles. The van der Waals surface area contributed by atoms with Crippen molar-refractivity contribution in [3.63, 3.8) is 0 Å². The zero-order chi connectivity index (χ0) is 15.4. The molecule has 2 aromatic rings. The number of aliphatic carboxylic acids is 1. The van der Waals surface area contributed by atoms with Crippen LogP contribution in [-0.2, 0) is 4.79 Å². The van der Waals surface area contributed by atoms with Gasteiger partial charge in [-0.25, -0.2) is 9.18 Å². The van der Waals surface area contributed by atoms with Crippen molar-refractivity contribution in [2.75, 3.05) is 0 Å². The predicted molar refractivity (Wildman–Crippen MR) is 80.1 cm³/mol. The molecule has 0 aliphatic rings. The smallest absolute Gasteiger partial charge is 0.328 e. The van der Waals surface area contributed by atoms with Crippen molar-refractivity contribution in [2.45, 2.75) is 0 Å². The second kappa shape index (κ2) is 6.69. The number of benzene rings is 1. The first-order valence-corrected chi connectivity index (χ1v) is 6.81. The number of halogens is 3. The average molecular weight is 373 g/mol. The molecule has 0 bridgehead atoms. The van der Waals surface area contributed by atoms with Crippen molar-refractivity contribution in [2.24, 2.45) is 0 Å². The molecule has 1 aromatic carbocycles. The highest BCUT2D eigenvalue weighted by atomic mass is 79.9. The molecule has 0 aliphatic heterocycles. The van der Waals surface area contributed by atoms with Gasteiger partial charge in [-0.3, -0.25) is 4.98 Å². The molecule has 0 fully saturated rings. The largest absolute Gasteiger partial charge is 0.478 e. The molecule has 4 nitrogen and oxygen atoms in total. The van der Waals surface area contributed by atoms with Gasteiger partial charge in [0.1, 0.15) is 17.3 Å². The maximum absolute atomic E-state index is 13.4. The van der Waals surface area contributed by atoms with Crippen molar-refractivity contribution in [3.8, 4) is 11.5 Å². The van der Waals surface area contributed by atoms with E-state index in [9.17, 15) is 9.18 Å². The van der Waals surface area contributed by atoms with E-state index < -0.39 is 11.8 Å². The fourth-order valence-electron chi connectivity index (χ4n) is 1.46. The van der Waals surface area contributed by atoms with E-state index >= 15 is 0 Å². The molecule has 1 N–H and O–H groups in total. The normalized spacial score (nSPS) is 10.8. The van der Waals surface area contributed by atoms with Crippen LogP contribution < -0.4 is 4.74 Å². The molecule has 108 valence electrons. The van der Waals surface area contributed by atoms with Crippen molar-refractivity contribution >= 4 is 39.6 Å². The van der Waals surface area contributed by atoms with E-state index in [1.54, 1.807) is 6.07 Å². The van der Waals surface area contributed by atoms with E-state index in [0.717, 1.165) is 12.1 Å². The van der Waals surface area contributed by atoms with Crippen LogP contribution in [0.15, 0.2) is 41.1 Å². The maximum Gasteiger partial charge on any atom is 0.328 e. The fraction of sp³-hybridized carbons (Fsp3) is 0. The van der Waals surface area contributed by atoms with Crippen LogP contribution in [0, 0.1) is 5.82 Å². The predicted octanol–water partition coefficient (Wildman–Crippen LogP) is 4.53. The zero-order valence-corrected chi connectivity index (χ0v) is 12.7. The molecule has 0 radical (unpaired) electrons. The number of ether oxygens (including phenoxy) is 1. The molecule has 0 atom stereocenters. The lowest BCUT2D eigenvalue weighted by atomic mass is 10.2. The van der Waals surface area contributed by atoms with Gasteiger partial charge < -0.3 is 9.84 Å². The standard InChI is InChI=1S/C14H8BrClFNO3/c15-10-4-11(16)12(17)5-13(10)21-9-3-8(6-18-7-9)1-2-14(19)20/h1-7H,(H,19,20)/b2-1+. The minimum absolute atomic E-state index is 0.0227. The van der Waals surface area contributed by atoms with Gasteiger partial charge in [-0.05, 0) is 39.7 Å². The number of carboxylic acids is 1. The van der Waals surface area contributed by atoms with Crippen LogP contribution in [0.4, 0.5) is 4.39 Å². The molecule has 0 aliphatic carbocycles. The first-order chi connectivity index (χ1) is 9.95. The van der Waals surface area contributed by atoms with Gasteiger partial charge in [0.05, 0.1) is 15.7 Å². The molecule has 21 heavy (non-hydrogen) atoms. The Balaban J connectivity index is 2.26. The van der Waals surface area contributed by atoms with Gasteiger partial charge in [-0.1, -0.05) is 11.6 Å². The zero-order valence-electron chi connectivity index (χ0n) is 10.4. The average Bonchev–Trinajstić information content (AvgIpc) is 2.43. The summed E-state index contributed by atoms with van der Waals surface area (Å²) in [5, 5.41) is 8.55. The molecule has 0 amide bonds. The Morgan fingerprint density at radius 2 is 2.14 bits per heavy atom. The van der Waals surface area contributed by atoms with E-state index in [1.165, 1.54) is 24.5 Å². The highest BCUT2D eigenvalue weighted by molar-refractivity contribution is 9.10. The van der Waals surface area contributed by atoms with Gasteiger partial charge in [0.25, 0.3) is 0 Å². The van der Waals surface area contributed by atoms with Gasteiger partial charge in [0, 0.05) is 18.3 Å². The van der Waals surface area contributed by atoms with Crippen LogP contribution in [0.25, 0.3) is 6.08 Å².